The molecule has 2 aliphatic rings. The van der Waals surface area contributed by atoms with Crippen LogP contribution < -0.4 is 9.47 Å². The summed E-state index contributed by atoms with van der Waals surface area (Å²) < 4.78 is 41.7. The van der Waals surface area contributed by atoms with E-state index < -0.39 is 12.0 Å². The Kier molecular flexibility index (Phi) is 6.80. The van der Waals surface area contributed by atoms with Crippen molar-refractivity contribution >= 4 is 5.97 Å². The number of hydrogen-bond acceptors (Lipinski definition) is 6. The molecule has 1 fully saturated rings. The molecule has 0 aromatic heterocycles. The lowest BCUT2D eigenvalue weighted by atomic mass is 9.74. The number of piperidine rings is 1. The molecule has 4 rings (SSSR count). The van der Waals surface area contributed by atoms with Crippen molar-refractivity contribution in [1.82, 2.24) is 4.90 Å². The highest BCUT2D eigenvalue weighted by Gasteiger charge is 2.38. The molecule has 2 aromatic carbocycles. The van der Waals surface area contributed by atoms with Crippen LogP contribution in [0.1, 0.15) is 29.5 Å². The van der Waals surface area contributed by atoms with Crippen molar-refractivity contribution in [3.05, 3.63) is 59.2 Å². The van der Waals surface area contributed by atoms with Gasteiger partial charge in [0.05, 0.1) is 25.1 Å². The van der Waals surface area contributed by atoms with E-state index in [0.717, 1.165) is 0 Å². The maximum atomic E-state index is 13.0. The first-order chi connectivity index (χ1) is 15.9. The fourth-order valence-electron chi connectivity index (χ4n) is 4.68. The summed E-state index contributed by atoms with van der Waals surface area (Å²) >= 11 is 0. The van der Waals surface area contributed by atoms with Crippen LogP contribution in [-0.2, 0) is 27.8 Å². The number of alkyl halides is 2. The van der Waals surface area contributed by atoms with Gasteiger partial charge in [0.15, 0.2) is 11.5 Å². The Bertz CT molecular complexity index is 1020. The van der Waals surface area contributed by atoms with E-state index in [1.807, 2.05) is 29.2 Å². The largest absolute Gasteiger partial charge is 0.486 e. The van der Waals surface area contributed by atoms with Crippen LogP contribution in [0.3, 0.4) is 0 Å². The number of nitrogens with zero attached hydrogens (tertiary/aromatic N) is 2. The van der Waals surface area contributed by atoms with Gasteiger partial charge in [0, 0.05) is 25.9 Å². The van der Waals surface area contributed by atoms with Gasteiger partial charge in [0.1, 0.15) is 6.10 Å². The van der Waals surface area contributed by atoms with Crippen LogP contribution >= 0.6 is 0 Å². The number of rotatable bonds is 7. The van der Waals surface area contributed by atoms with Crippen molar-refractivity contribution in [2.24, 2.45) is 0 Å². The van der Waals surface area contributed by atoms with Gasteiger partial charge in [0.25, 0.3) is 0 Å². The second-order valence-electron chi connectivity index (χ2n) is 8.50. The highest BCUT2D eigenvalue weighted by atomic mass is 19.3. The molecule has 0 N–H and O–H groups in total. The molecule has 0 saturated carbocycles. The van der Waals surface area contributed by atoms with E-state index in [4.69, 9.17) is 14.2 Å². The number of halogens is 2. The Labute approximate surface area is 191 Å². The topological polar surface area (TPSA) is 71.8 Å². The summed E-state index contributed by atoms with van der Waals surface area (Å²) in [6.45, 7) is -1.71. The highest BCUT2D eigenvalue weighted by Crippen LogP contribution is 2.41. The minimum absolute atomic E-state index is 0.0408. The van der Waals surface area contributed by atoms with E-state index >= 15 is 0 Å². The number of methoxy groups -OCH3 is 1. The highest BCUT2D eigenvalue weighted by molar-refractivity contribution is 5.71. The smallest absolute Gasteiger partial charge is 0.387 e. The fraction of sp³-hybridized carbons (Fsp3) is 0.440. The second-order valence-corrected chi connectivity index (χ2v) is 8.50. The van der Waals surface area contributed by atoms with Crippen molar-refractivity contribution in [1.29, 1.82) is 5.26 Å². The zero-order valence-corrected chi connectivity index (χ0v) is 18.4. The molecule has 174 valence electrons. The third-order valence-electron chi connectivity index (χ3n) is 6.52. The molecule has 1 heterocycles. The molecule has 0 unspecified atom stereocenters. The average molecular weight is 456 g/mol. The van der Waals surface area contributed by atoms with Gasteiger partial charge < -0.3 is 14.2 Å². The molecule has 1 aliphatic carbocycles. The zero-order valence-electron chi connectivity index (χ0n) is 18.4. The number of ether oxygens (including phenoxy) is 3. The van der Waals surface area contributed by atoms with Crippen molar-refractivity contribution in [2.75, 3.05) is 26.7 Å². The number of likely N-dealkylation sites (tertiary alicyclic amines) is 1. The molecule has 33 heavy (non-hydrogen) atoms. The van der Waals surface area contributed by atoms with Crippen LogP contribution in [0.5, 0.6) is 11.5 Å². The summed E-state index contributed by atoms with van der Waals surface area (Å²) in [6.07, 6.45) is 2.17. The van der Waals surface area contributed by atoms with Crippen molar-refractivity contribution < 1.29 is 27.8 Å². The van der Waals surface area contributed by atoms with Crippen molar-refractivity contribution in [3.63, 3.8) is 0 Å². The number of hydrogen-bond donors (Lipinski definition) is 0. The SMILES string of the molecule is COC(=O)CN1CCC(C#N)(c2ccc(OC(F)F)c(OC3Cc4ccccc4C3)c2)CC1. The fourth-order valence-corrected chi connectivity index (χ4v) is 4.68. The molecule has 8 heteroatoms. The number of carbonyl (C=O) groups is 1. The molecular weight excluding hydrogens is 430 g/mol. The molecule has 6 nitrogen and oxygen atoms in total. The predicted molar refractivity (Wildman–Crippen MR) is 116 cm³/mol. The normalized spacial score (nSPS) is 17.9. The van der Waals surface area contributed by atoms with E-state index in [-0.39, 0.29) is 30.1 Å². The third kappa shape index (κ3) is 5.09. The Hall–Kier alpha value is -3.18. The third-order valence-corrected chi connectivity index (χ3v) is 6.52. The number of esters is 1. The molecule has 2 aromatic rings. The number of carbonyl (C=O) groups excluding carboxylic acids is 1. The molecule has 0 radical (unpaired) electrons. The van der Waals surface area contributed by atoms with E-state index in [1.165, 1.54) is 24.3 Å². The van der Waals surface area contributed by atoms with Gasteiger partial charge in [-0.25, -0.2) is 0 Å². The summed E-state index contributed by atoms with van der Waals surface area (Å²) in [4.78, 5) is 13.5. The van der Waals surface area contributed by atoms with Crippen molar-refractivity contribution in [2.45, 2.75) is 43.8 Å². The summed E-state index contributed by atoms with van der Waals surface area (Å²) in [5.41, 5.74) is 2.27. The summed E-state index contributed by atoms with van der Waals surface area (Å²) in [5.74, 6) is -0.139. The van der Waals surface area contributed by atoms with E-state index in [9.17, 15) is 18.8 Å². The molecule has 0 atom stereocenters. The minimum atomic E-state index is -2.98. The maximum absolute atomic E-state index is 13.0. The summed E-state index contributed by atoms with van der Waals surface area (Å²) in [7, 11) is 1.35. The van der Waals surface area contributed by atoms with Gasteiger partial charge in [-0.2, -0.15) is 14.0 Å². The van der Waals surface area contributed by atoms with E-state index in [0.29, 0.717) is 44.3 Å². The molecule has 0 amide bonds. The predicted octanol–water partition coefficient (Wildman–Crippen LogP) is 3.86. The van der Waals surface area contributed by atoms with Crippen LogP contribution in [0.2, 0.25) is 0 Å². The van der Waals surface area contributed by atoms with Crippen LogP contribution in [-0.4, -0.2) is 50.3 Å². The second kappa shape index (κ2) is 9.75. The first-order valence-corrected chi connectivity index (χ1v) is 11.0. The summed E-state index contributed by atoms with van der Waals surface area (Å²) in [5, 5.41) is 10.1. The lowest BCUT2D eigenvalue weighted by molar-refractivity contribution is -0.142. The number of fused-ring (bicyclic) bond motifs is 1. The Balaban J connectivity index is 1.55. The zero-order chi connectivity index (χ0) is 23.4. The molecule has 1 aliphatic heterocycles. The monoisotopic (exact) mass is 456 g/mol. The first kappa shape index (κ1) is 23.0. The van der Waals surface area contributed by atoms with E-state index in [1.54, 1.807) is 12.1 Å². The molecule has 1 saturated heterocycles. The Morgan fingerprint density at radius 2 is 1.82 bits per heavy atom. The quantitative estimate of drug-likeness (QED) is 0.589. The summed E-state index contributed by atoms with van der Waals surface area (Å²) in [6, 6.07) is 15.2. The lowest BCUT2D eigenvalue weighted by Crippen LogP contribution is -2.44. The van der Waals surface area contributed by atoms with Crippen LogP contribution in [0.4, 0.5) is 8.78 Å². The first-order valence-electron chi connectivity index (χ1n) is 11.0. The van der Waals surface area contributed by atoms with Crippen molar-refractivity contribution in [3.8, 4) is 17.6 Å². The van der Waals surface area contributed by atoms with Gasteiger partial charge in [0.2, 0.25) is 0 Å². The van der Waals surface area contributed by atoms with Gasteiger partial charge in [-0.05, 0) is 41.7 Å². The average Bonchev–Trinajstić information content (AvgIpc) is 3.23. The Morgan fingerprint density at radius 3 is 2.39 bits per heavy atom. The number of nitriles is 1. The van der Waals surface area contributed by atoms with Crippen LogP contribution in [0.25, 0.3) is 0 Å². The Morgan fingerprint density at radius 1 is 1.15 bits per heavy atom. The number of benzene rings is 2. The molecular formula is C25H26F2N2O4. The van der Waals surface area contributed by atoms with Crippen LogP contribution in [0, 0.1) is 11.3 Å². The maximum Gasteiger partial charge on any atom is 0.387 e. The standard InChI is InChI=1S/C25H26F2N2O4/c1-31-23(30)15-29-10-8-25(16-28,9-11-29)19-6-7-21(33-24(26)27)22(14-19)32-20-12-17-4-2-3-5-18(17)13-20/h2-7,14,20,24H,8-13,15H2,1H3. The van der Waals surface area contributed by atoms with Gasteiger partial charge in [-0.15, -0.1) is 0 Å². The van der Waals surface area contributed by atoms with Gasteiger partial charge in [-0.1, -0.05) is 30.3 Å². The lowest BCUT2D eigenvalue weighted by Gasteiger charge is -2.37. The minimum Gasteiger partial charge on any atom is -0.486 e. The van der Waals surface area contributed by atoms with Gasteiger partial charge >= 0.3 is 12.6 Å². The molecule has 0 spiro atoms. The van der Waals surface area contributed by atoms with Gasteiger partial charge in [-0.3, -0.25) is 9.69 Å². The molecule has 0 bridgehead atoms. The van der Waals surface area contributed by atoms with Crippen LogP contribution in [0.15, 0.2) is 42.5 Å². The van der Waals surface area contributed by atoms with E-state index in [2.05, 4.69) is 6.07 Å².